The molecule has 0 aromatic carbocycles. The van der Waals surface area contributed by atoms with E-state index in [1.807, 2.05) is 11.4 Å². The summed E-state index contributed by atoms with van der Waals surface area (Å²) in [7, 11) is 0. The Morgan fingerprint density at radius 1 is 1.67 bits per heavy atom. The van der Waals surface area contributed by atoms with Gasteiger partial charge in [-0.05, 0) is 40.2 Å². The Morgan fingerprint density at radius 2 is 2.42 bits per heavy atom. The van der Waals surface area contributed by atoms with Crippen LogP contribution in [0.1, 0.15) is 23.8 Å². The normalized spacial score (nSPS) is 13.2. The highest BCUT2D eigenvalue weighted by atomic mass is 79.9. The maximum atomic E-state index is 8.62. The predicted molar refractivity (Wildman–Crippen MR) is 55.3 cm³/mol. The molecule has 0 unspecified atom stereocenters. The number of halogens is 1. The third-order valence-corrected chi connectivity index (χ3v) is 3.66. The van der Waals surface area contributed by atoms with Crippen molar-refractivity contribution < 1.29 is 5.11 Å². The van der Waals surface area contributed by atoms with Crippen molar-refractivity contribution in [3.63, 3.8) is 0 Å². The molecule has 0 saturated heterocycles. The van der Waals surface area contributed by atoms with E-state index in [-0.39, 0.29) is 12.6 Å². The molecule has 0 saturated carbocycles. The summed E-state index contributed by atoms with van der Waals surface area (Å²) in [4.78, 5) is 1.17. The lowest BCUT2D eigenvalue weighted by molar-refractivity contribution is 0.280. The Hall–Kier alpha value is 0.100. The predicted octanol–water partition coefficient (Wildman–Crippen LogP) is 2.28. The Balaban J connectivity index is 2.52. The van der Waals surface area contributed by atoms with Crippen LogP contribution >= 0.6 is 27.3 Å². The second-order valence-electron chi connectivity index (χ2n) is 2.61. The van der Waals surface area contributed by atoms with E-state index >= 15 is 0 Å². The second-order valence-corrected chi connectivity index (χ2v) is 4.41. The first-order valence-corrected chi connectivity index (χ1v) is 5.52. The van der Waals surface area contributed by atoms with E-state index in [0.29, 0.717) is 0 Å². The summed E-state index contributed by atoms with van der Waals surface area (Å²) in [6.45, 7) is 0.219. The summed E-state index contributed by atoms with van der Waals surface area (Å²) in [6, 6.07) is 2.06. The van der Waals surface area contributed by atoms with Gasteiger partial charge < -0.3 is 10.8 Å². The number of hydrogen-bond acceptors (Lipinski definition) is 3. The smallest absolute Gasteiger partial charge is 0.0431 e. The first-order chi connectivity index (χ1) is 5.75. The van der Waals surface area contributed by atoms with Gasteiger partial charge in [0.15, 0.2) is 0 Å². The van der Waals surface area contributed by atoms with Crippen molar-refractivity contribution in [1.29, 1.82) is 0 Å². The molecule has 12 heavy (non-hydrogen) atoms. The molecule has 1 aromatic rings. The number of aliphatic hydroxyl groups is 1. The molecule has 0 amide bonds. The van der Waals surface area contributed by atoms with Crippen molar-refractivity contribution in [3.05, 3.63) is 20.8 Å². The summed E-state index contributed by atoms with van der Waals surface area (Å²) in [5.74, 6) is 0. The zero-order valence-electron chi connectivity index (χ0n) is 6.66. The van der Waals surface area contributed by atoms with Crippen LogP contribution in [0.15, 0.2) is 15.9 Å². The highest BCUT2D eigenvalue weighted by Gasteiger charge is 2.10. The van der Waals surface area contributed by atoms with Crippen molar-refractivity contribution in [1.82, 2.24) is 0 Å². The second kappa shape index (κ2) is 4.97. The molecule has 0 bridgehead atoms. The van der Waals surface area contributed by atoms with E-state index in [4.69, 9.17) is 10.8 Å². The fourth-order valence-corrected chi connectivity index (χ4v) is 2.72. The topological polar surface area (TPSA) is 46.2 Å². The molecule has 1 aromatic heterocycles. The van der Waals surface area contributed by atoms with Gasteiger partial charge in [0.05, 0.1) is 0 Å². The summed E-state index contributed by atoms with van der Waals surface area (Å²) in [5, 5.41) is 10.6. The van der Waals surface area contributed by atoms with Crippen LogP contribution < -0.4 is 5.73 Å². The molecule has 4 heteroatoms. The number of rotatable bonds is 4. The number of aliphatic hydroxyl groups excluding tert-OH is 1. The molecule has 3 N–H and O–H groups in total. The Morgan fingerprint density at radius 3 is 2.92 bits per heavy atom. The van der Waals surface area contributed by atoms with Crippen molar-refractivity contribution in [2.24, 2.45) is 5.73 Å². The highest BCUT2D eigenvalue weighted by Crippen LogP contribution is 2.29. The minimum atomic E-state index is 0.0616. The van der Waals surface area contributed by atoms with E-state index in [1.165, 1.54) is 4.88 Å². The first kappa shape index (κ1) is 10.2. The van der Waals surface area contributed by atoms with Gasteiger partial charge in [0, 0.05) is 22.0 Å². The number of nitrogens with two attached hydrogens (primary N) is 1. The SMILES string of the molecule is N[C@H](CCCO)c1sccc1Br. The minimum absolute atomic E-state index is 0.0616. The third kappa shape index (κ3) is 2.55. The van der Waals surface area contributed by atoms with E-state index in [2.05, 4.69) is 15.9 Å². The average molecular weight is 250 g/mol. The molecule has 0 aliphatic carbocycles. The fraction of sp³-hybridized carbons (Fsp3) is 0.500. The fourth-order valence-electron chi connectivity index (χ4n) is 1.01. The van der Waals surface area contributed by atoms with Gasteiger partial charge in [0.2, 0.25) is 0 Å². The molecule has 68 valence electrons. The Labute approximate surface area is 84.5 Å². The molecule has 2 nitrogen and oxygen atoms in total. The summed E-state index contributed by atoms with van der Waals surface area (Å²) in [5.41, 5.74) is 5.90. The molecule has 0 radical (unpaired) electrons. The van der Waals surface area contributed by atoms with Gasteiger partial charge in [-0.1, -0.05) is 0 Å². The van der Waals surface area contributed by atoms with Crippen LogP contribution in [0.3, 0.4) is 0 Å². The Kier molecular flexibility index (Phi) is 4.21. The lowest BCUT2D eigenvalue weighted by atomic mass is 10.1. The van der Waals surface area contributed by atoms with Gasteiger partial charge in [0.1, 0.15) is 0 Å². The van der Waals surface area contributed by atoms with Gasteiger partial charge in [-0.2, -0.15) is 0 Å². The minimum Gasteiger partial charge on any atom is -0.396 e. The highest BCUT2D eigenvalue weighted by molar-refractivity contribution is 9.10. The van der Waals surface area contributed by atoms with Gasteiger partial charge in [-0.15, -0.1) is 11.3 Å². The van der Waals surface area contributed by atoms with E-state index in [9.17, 15) is 0 Å². The molecular weight excluding hydrogens is 238 g/mol. The van der Waals surface area contributed by atoms with Crippen molar-refractivity contribution in [3.8, 4) is 0 Å². The molecule has 0 aliphatic heterocycles. The van der Waals surface area contributed by atoms with E-state index in [0.717, 1.165) is 17.3 Å². The van der Waals surface area contributed by atoms with Crippen molar-refractivity contribution >= 4 is 27.3 Å². The molecule has 0 fully saturated rings. The standard InChI is InChI=1S/C8H12BrNOS/c9-6-3-5-12-8(6)7(10)2-1-4-11/h3,5,7,11H,1-2,4,10H2/t7-/m1/s1. The van der Waals surface area contributed by atoms with Crippen molar-refractivity contribution in [2.45, 2.75) is 18.9 Å². The van der Waals surface area contributed by atoms with Crippen LogP contribution in [-0.2, 0) is 0 Å². The first-order valence-electron chi connectivity index (χ1n) is 3.85. The lowest BCUT2D eigenvalue weighted by Crippen LogP contribution is -2.09. The van der Waals surface area contributed by atoms with Gasteiger partial charge in [0.25, 0.3) is 0 Å². The monoisotopic (exact) mass is 249 g/mol. The van der Waals surface area contributed by atoms with Gasteiger partial charge >= 0.3 is 0 Å². The summed E-state index contributed by atoms with van der Waals surface area (Å²) >= 11 is 5.08. The molecular formula is C8H12BrNOS. The third-order valence-electron chi connectivity index (χ3n) is 1.65. The van der Waals surface area contributed by atoms with Crippen LogP contribution in [0.4, 0.5) is 0 Å². The van der Waals surface area contributed by atoms with Crippen LogP contribution in [0.5, 0.6) is 0 Å². The maximum absolute atomic E-state index is 8.62. The summed E-state index contributed by atoms with van der Waals surface area (Å²) < 4.78 is 1.08. The molecule has 1 atom stereocenters. The molecule has 0 spiro atoms. The summed E-state index contributed by atoms with van der Waals surface area (Å²) in [6.07, 6.45) is 1.61. The Bertz CT molecular complexity index is 239. The molecule has 1 heterocycles. The molecule has 0 aliphatic rings. The number of hydrogen-bond donors (Lipinski definition) is 2. The zero-order valence-corrected chi connectivity index (χ0v) is 9.07. The quantitative estimate of drug-likeness (QED) is 0.861. The maximum Gasteiger partial charge on any atom is 0.0431 e. The van der Waals surface area contributed by atoms with Crippen molar-refractivity contribution in [2.75, 3.05) is 6.61 Å². The van der Waals surface area contributed by atoms with E-state index in [1.54, 1.807) is 11.3 Å². The van der Waals surface area contributed by atoms with Crippen LogP contribution in [0.25, 0.3) is 0 Å². The van der Waals surface area contributed by atoms with Gasteiger partial charge in [-0.25, -0.2) is 0 Å². The average Bonchev–Trinajstić information content (AvgIpc) is 2.47. The van der Waals surface area contributed by atoms with Gasteiger partial charge in [-0.3, -0.25) is 0 Å². The molecule has 1 rings (SSSR count). The van der Waals surface area contributed by atoms with E-state index < -0.39 is 0 Å². The number of thiophene rings is 1. The van der Waals surface area contributed by atoms with Crippen LogP contribution in [-0.4, -0.2) is 11.7 Å². The van der Waals surface area contributed by atoms with Crippen LogP contribution in [0, 0.1) is 0 Å². The largest absolute Gasteiger partial charge is 0.396 e. The lowest BCUT2D eigenvalue weighted by Gasteiger charge is -2.08. The zero-order chi connectivity index (χ0) is 8.97. The van der Waals surface area contributed by atoms with Crippen LogP contribution in [0.2, 0.25) is 0 Å².